The summed E-state index contributed by atoms with van der Waals surface area (Å²) >= 11 is 6.85. The van der Waals surface area contributed by atoms with Gasteiger partial charge in [0.25, 0.3) is 5.91 Å². The lowest BCUT2D eigenvalue weighted by Crippen LogP contribution is -2.35. The molecule has 33 heavy (non-hydrogen) atoms. The number of thioether (sulfide) groups is 1. The zero-order chi connectivity index (χ0) is 22.8. The fraction of sp³-hybridized carbons (Fsp3) is 0.240. The molecule has 2 aromatic carbocycles. The molecular weight excluding hydrogens is 454 g/mol. The Kier molecular flexibility index (Phi) is 6.30. The Morgan fingerprint density at radius 3 is 2.70 bits per heavy atom. The van der Waals surface area contributed by atoms with Crippen LogP contribution >= 0.6 is 24.0 Å². The number of methoxy groups -OCH3 is 1. The van der Waals surface area contributed by atoms with Crippen molar-refractivity contribution in [2.75, 3.05) is 20.3 Å². The lowest BCUT2D eigenvalue weighted by atomic mass is 10.1. The molecule has 3 heterocycles. The number of nitrogens with zero attached hydrogens (tertiary/aromatic N) is 3. The van der Waals surface area contributed by atoms with Crippen LogP contribution in [0.4, 0.5) is 0 Å². The minimum absolute atomic E-state index is 0.0579. The molecular formula is C25H23N3O3S2. The number of para-hydroxylation sites is 1. The fourth-order valence-corrected chi connectivity index (χ4v) is 5.24. The van der Waals surface area contributed by atoms with Crippen LogP contribution in [0.3, 0.4) is 0 Å². The fourth-order valence-electron chi connectivity index (χ4n) is 3.97. The average Bonchev–Trinajstić information content (AvgIpc) is 3.57. The van der Waals surface area contributed by atoms with Gasteiger partial charge < -0.3 is 9.47 Å². The predicted octanol–water partition coefficient (Wildman–Crippen LogP) is 4.93. The molecule has 3 aromatic rings. The summed E-state index contributed by atoms with van der Waals surface area (Å²) in [6, 6.07) is 17.7. The monoisotopic (exact) mass is 477 g/mol. The van der Waals surface area contributed by atoms with Crippen LogP contribution in [0.1, 0.15) is 18.4 Å². The first-order valence-corrected chi connectivity index (χ1v) is 12.0. The summed E-state index contributed by atoms with van der Waals surface area (Å²) in [5.74, 6) is 0.700. The number of rotatable bonds is 6. The maximum atomic E-state index is 13.2. The molecule has 2 aliphatic rings. The van der Waals surface area contributed by atoms with E-state index < -0.39 is 0 Å². The Labute approximate surface area is 202 Å². The summed E-state index contributed by atoms with van der Waals surface area (Å²) in [5.41, 5.74) is 3.51. The molecule has 5 rings (SSSR count). The van der Waals surface area contributed by atoms with Gasteiger partial charge in [-0.3, -0.25) is 9.69 Å². The van der Waals surface area contributed by atoms with E-state index in [-0.39, 0.29) is 12.0 Å². The largest absolute Gasteiger partial charge is 0.497 e. The van der Waals surface area contributed by atoms with E-state index in [0.717, 1.165) is 47.7 Å². The van der Waals surface area contributed by atoms with Gasteiger partial charge in [-0.25, -0.2) is 4.68 Å². The molecule has 1 unspecified atom stereocenters. The molecule has 1 aromatic heterocycles. The molecule has 2 fully saturated rings. The number of amides is 1. The van der Waals surface area contributed by atoms with Crippen molar-refractivity contribution in [2.45, 2.75) is 18.9 Å². The van der Waals surface area contributed by atoms with Crippen LogP contribution in [0.15, 0.2) is 65.7 Å². The van der Waals surface area contributed by atoms with Crippen molar-refractivity contribution in [2.24, 2.45) is 0 Å². The summed E-state index contributed by atoms with van der Waals surface area (Å²) in [7, 11) is 1.64. The molecule has 0 spiro atoms. The van der Waals surface area contributed by atoms with Crippen LogP contribution in [-0.2, 0) is 9.53 Å². The van der Waals surface area contributed by atoms with Crippen molar-refractivity contribution in [1.29, 1.82) is 0 Å². The number of ether oxygens (including phenoxy) is 2. The molecule has 0 N–H and O–H groups in total. The van der Waals surface area contributed by atoms with Crippen molar-refractivity contribution < 1.29 is 14.3 Å². The zero-order valence-electron chi connectivity index (χ0n) is 18.1. The van der Waals surface area contributed by atoms with Crippen molar-refractivity contribution in [3.05, 3.63) is 71.3 Å². The van der Waals surface area contributed by atoms with Crippen LogP contribution in [-0.4, -0.2) is 51.3 Å². The van der Waals surface area contributed by atoms with Gasteiger partial charge in [0.2, 0.25) is 0 Å². The predicted molar refractivity (Wildman–Crippen MR) is 134 cm³/mol. The van der Waals surface area contributed by atoms with E-state index in [1.807, 2.05) is 71.6 Å². The minimum atomic E-state index is -0.0753. The first-order chi connectivity index (χ1) is 16.1. The molecule has 2 saturated heterocycles. The van der Waals surface area contributed by atoms with E-state index >= 15 is 0 Å². The minimum Gasteiger partial charge on any atom is -0.497 e. The first-order valence-electron chi connectivity index (χ1n) is 10.8. The van der Waals surface area contributed by atoms with Gasteiger partial charge in [0.15, 0.2) is 0 Å². The maximum absolute atomic E-state index is 13.2. The summed E-state index contributed by atoms with van der Waals surface area (Å²) < 4.78 is 13.4. The quantitative estimate of drug-likeness (QED) is 0.371. The highest BCUT2D eigenvalue weighted by molar-refractivity contribution is 8.26. The van der Waals surface area contributed by atoms with Crippen LogP contribution in [0.5, 0.6) is 5.75 Å². The first kappa shape index (κ1) is 21.9. The SMILES string of the molecule is COc1ccc(-c2nn(-c3ccccc3)cc2/C=C2\SC(=S)N(CC3CCCO3)C2=O)cc1. The van der Waals surface area contributed by atoms with Crippen LogP contribution in [0, 0.1) is 0 Å². The molecule has 0 aliphatic carbocycles. The van der Waals surface area contributed by atoms with E-state index in [1.54, 1.807) is 12.0 Å². The maximum Gasteiger partial charge on any atom is 0.266 e. The molecule has 0 radical (unpaired) electrons. The average molecular weight is 478 g/mol. The highest BCUT2D eigenvalue weighted by Gasteiger charge is 2.35. The molecule has 168 valence electrons. The van der Waals surface area contributed by atoms with E-state index in [4.69, 9.17) is 26.8 Å². The van der Waals surface area contributed by atoms with E-state index in [1.165, 1.54) is 11.8 Å². The highest BCUT2D eigenvalue weighted by atomic mass is 32.2. The van der Waals surface area contributed by atoms with E-state index in [0.29, 0.717) is 15.8 Å². The molecule has 2 aliphatic heterocycles. The Hall–Kier alpha value is -2.94. The smallest absolute Gasteiger partial charge is 0.266 e. The number of carbonyl (C=O) groups excluding carboxylic acids is 1. The molecule has 1 amide bonds. The number of hydrogen-bond donors (Lipinski definition) is 0. The van der Waals surface area contributed by atoms with Gasteiger partial charge in [-0.1, -0.05) is 42.2 Å². The van der Waals surface area contributed by atoms with Crippen molar-refractivity contribution in [3.63, 3.8) is 0 Å². The van der Waals surface area contributed by atoms with E-state index in [2.05, 4.69) is 0 Å². The summed E-state index contributed by atoms with van der Waals surface area (Å²) in [5, 5.41) is 4.84. The molecule has 0 bridgehead atoms. The van der Waals surface area contributed by atoms with Gasteiger partial charge in [-0.15, -0.1) is 0 Å². The third kappa shape index (κ3) is 4.59. The number of thiocarbonyl (C=S) groups is 1. The van der Waals surface area contributed by atoms with Gasteiger partial charge >= 0.3 is 0 Å². The Morgan fingerprint density at radius 1 is 1.21 bits per heavy atom. The van der Waals surface area contributed by atoms with Crippen molar-refractivity contribution in [3.8, 4) is 22.7 Å². The number of carbonyl (C=O) groups is 1. The van der Waals surface area contributed by atoms with Gasteiger partial charge in [0.05, 0.1) is 36.0 Å². The molecule has 6 nitrogen and oxygen atoms in total. The molecule has 0 saturated carbocycles. The number of aromatic nitrogens is 2. The topological polar surface area (TPSA) is 56.6 Å². The Morgan fingerprint density at radius 2 is 2.00 bits per heavy atom. The summed E-state index contributed by atoms with van der Waals surface area (Å²) in [6.07, 6.45) is 5.88. The third-order valence-corrected chi connectivity index (χ3v) is 7.07. The highest BCUT2D eigenvalue weighted by Crippen LogP contribution is 2.35. The Bertz CT molecular complexity index is 1200. The van der Waals surface area contributed by atoms with Crippen molar-refractivity contribution in [1.82, 2.24) is 14.7 Å². The van der Waals surface area contributed by atoms with E-state index in [9.17, 15) is 4.79 Å². The van der Waals surface area contributed by atoms with Gasteiger partial charge in [0, 0.05) is 23.9 Å². The zero-order valence-corrected chi connectivity index (χ0v) is 19.8. The third-order valence-electron chi connectivity index (χ3n) is 5.70. The lowest BCUT2D eigenvalue weighted by molar-refractivity contribution is -0.123. The van der Waals surface area contributed by atoms with Gasteiger partial charge in [0.1, 0.15) is 10.1 Å². The van der Waals surface area contributed by atoms with Crippen molar-refractivity contribution >= 4 is 40.3 Å². The molecule has 8 heteroatoms. The summed E-state index contributed by atoms with van der Waals surface area (Å²) in [6.45, 7) is 1.26. The Balaban J connectivity index is 1.50. The van der Waals surface area contributed by atoms with Crippen LogP contribution in [0.2, 0.25) is 0 Å². The van der Waals surface area contributed by atoms with Crippen LogP contribution < -0.4 is 4.74 Å². The number of hydrogen-bond acceptors (Lipinski definition) is 6. The second-order valence-corrected chi connectivity index (χ2v) is 9.54. The number of benzene rings is 2. The summed E-state index contributed by atoms with van der Waals surface area (Å²) in [4.78, 5) is 15.4. The normalized spacial score (nSPS) is 19.6. The second-order valence-electron chi connectivity index (χ2n) is 7.87. The van der Waals surface area contributed by atoms with Gasteiger partial charge in [-0.05, 0) is 55.3 Å². The lowest BCUT2D eigenvalue weighted by Gasteiger charge is -2.18. The second kappa shape index (κ2) is 9.51. The molecule has 1 atom stereocenters. The standard InChI is InChI=1S/C25H23N3O3S2/c1-30-20-11-9-17(10-12-20)23-18(15-28(26-23)19-6-3-2-4-7-19)14-22-24(29)27(25(32)33-22)16-21-8-5-13-31-21/h2-4,6-7,9-12,14-15,21H,5,8,13,16H2,1H3/b22-14-. The van der Waals surface area contributed by atoms with Gasteiger partial charge in [-0.2, -0.15) is 5.10 Å². The van der Waals surface area contributed by atoms with Crippen LogP contribution in [0.25, 0.3) is 23.0 Å².